The van der Waals surface area contributed by atoms with Crippen LogP contribution in [0.1, 0.15) is 25.2 Å². The number of hydrogen-bond acceptors (Lipinski definition) is 3. The quantitative estimate of drug-likeness (QED) is 0.849. The molecule has 0 aliphatic carbocycles. The van der Waals surface area contributed by atoms with Crippen molar-refractivity contribution in [2.24, 2.45) is 0 Å². The van der Waals surface area contributed by atoms with Crippen LogP contribution in [0.4, 0.5) is 4.39 Å². The van der Waals surface area contributed by atoms with Crippen molar-refractivity contribution in [3.05, 3.63) is 41.5 Å². The minimum atomic E-state index is -0.199. The number of benzene rings is 1. The van der Waals surface area contributed by atoms with Gasteiger partial charge < -0.3 is 5.32 Å². The van der Waals surface area contributed by atoms with Crippen molar-refractivity contribution in [3.63, 3.8) is 0 Å². The molecule has 0 atom stereocenters. The summed E-state index contributed by atoms with van der Waals surface area (Å²) in [5.74, 6) is -0.199. The van der Waals surface area contributed by atoms with Gasteiger partial charge in [-0.2, -0.15) is 5.10 Å². The molecule has 2 aromatic rings. The summed E-state index contributed by atoms with van der Waals surface area (Å²) >= 11 is 1.68. The molecule has 0 aliphatic heterocycles. The van der Waals surface area contributed by atoms with E-state index in [2.05, 4.69) is 23.8 Å². The molecule has 0 unspecified atom stereocenters. The lowest BCUT2D eigenvalue weighted by Gasteiger charge is -2.07. The summed E-state index contributed by atoms with van der Waals surface area (Å²) in [5.41, 5.74) is 2.38. The molecule has 0 saturated carbocycles. The number of aromatic nitrogens is 2. The summed E-state index contributed by atoms with van der Waals surface area (Å²) in [5, 5.41) is 7.89. The van der Waals surface area contributed by atoms with Gasteiger partial charge in [0, 0.05) is 11.4 Å². The van der Waals surface area contributed by atoms with E-state index in [4.69, 9.17) is 5.10 Å². The highest BCUT2D eigenvalue weighted by atomic mass is 32.2. The predicted octanol–water partition coefficient (Wildman–Crippen LogP) is 3.52. The molecule has 0 spiro atoms. The number of hydrogen-bond donors (Lipinski definition) is 1. The van der Waals surface area contributed by atoms with Crippen LogP contribution in [0.2, 0.25) is 0 Å². The van der Waals surface area contributed by atoms with Crippen molar-refractivity contribution >= 4 is 11.8 Å². The van der Waals surface area contributed by atoms with Gasteiger partial charge in [-0.15, -0.1) is 0 Å². The van der Waals surface area contributed by atoms with Gasteiger partial charge in [-0.05, 0) is 44.2 Å². The van der Waals surface area contributed by atoms with Crippen molar-refractivity contribution in [1.29, 1.82) is 0 Å². The Bertz CT molecular complexity index is 578. The SMILES string of the molecule is CCc1nn(CCNC)c(CC)c1Sc1ccc(F)cc1. The molecule has 0 saturated heterocycles. The summed E-state index contributed by atoms with van der Waals surface area (Å²) in [7, 11) is 1.95. The topological polar surface area (TPSA) is 29.9 Å². The first-order chi connectivity index (χ1) is 10.2. The molecular formula is C16H22FN3S. The summed E-state index contributed by atoms with van der Waals surface area (Å²) in [4.78, 5) is 2.27. The lowest BCUT2D eigenvalue weighted by atomic mass is 10.2. The molecule has 0 aliphatic rings. The lowest BCUT2D eigenvalue weighted by molar-refractivity contribution is 0.557. The average molecular weight is 307 g/mol. The van der Waals surface area contributed by atoms with Crippen LogP contribution >= 0.6 is 11.8 Å². The van der Waals surface area contributed by atoms with Gasteiger partial charge in [-0.1, -0.05) is 25.6 Å². The molecule has 114 valence electrons. The highest BCUT2D eigenvalue weighted by Gasteiger charge is 2.16. The monoisotopic (exact) mass is 307 g/mol. The summed E-state index contributed by atoms with van der Waals surface area (Å²) in [6.45, 7) is 6.05. The Kier molecular flexibility index (Phi) is 5.82. The number of nitrogens with zero attached hydrogens (tertiary/aromatic N) is 2. The molecule has 3 nitrogen and oxygen atoms in total. The van der Waals surface area contributed by atoms with E-state index < -0.39 is 0 Å². The van der Waals surface area contributed by atoms with Crippen LogP contribution in [0.3, 0.4) is 0 Å². The predicted molar refractivity (Wildman–Crippen MR) is 85.4 cm³/mol. The molecule has 5 heteroatoms. The normalized spacial score (nSPS) is 11.0. The van der Waals surface area contributed by atoms with E-state index in [9.17, 15) is 4.39 Å². The zero-order chi connectivity index (χ0) is 15.2. The molecule has 0 radical (unpaired) electrons. The first-order valence-corrected chi connectivity index (χ1v) is 8.17. The van der Waals surface area contributed by atoms with Crippen LogP contribution in [0.15, 0.2) is 34.1 Å². The Morgan fingerprint density at radius 1 is 1.19 bits per heavy atom. The third kappa shape index (κ3) is 3.86. The zero-order valence-electron chi connectivity index (χ0n) is 12.8. The van der Waals surface area contributed by atoms with Crippen LogP contribution in [-0.4, -0.2) is 23.4 Å². The van der Waals surface area contributed by atoms with Crippen molar-refractivity contribution in [1.82, 2.24) is 15.1 Å². The van der Waals surface area contributed by atoms with Gasteiger partial charge in [0.25, 0.3) is 0 Å². The Hall–Kier alpha value is -1.33. The zero-order valence-corrected chi connectivity index (χ0v) is 13.6. The van der Waals surface area contributed by atoms with E-state index in [1.807, 2.05) is 19.2 Å². The number of nitrogens with one attached hydrogen (secondary N) is 1. The Morgan fingerprint density at radius 2 is 1.90 bits per heavy atom. The van der Waals surface area contributed by atoms with E-state index >= 15 is 0 Å². The second-order valence-corrected chi connectivity index (χ2v) is 5.90. The Balaban J connectivity index is 2.31. The average Bonchev–Trinajstić information content (AvgIpc) is 2.84. The van der Waals surface area contributed by atoms with Crippen LogP contribution < -0.4 is 5.32 Å². The third-order valence-corrected chi connectivity index (χ3v) is 4.54. The third-order valence-electron chi connectivity index (χ3n) is 3.35. The first-order valence-electron chi connectivity index (χ1n) is 7.36. The molecular weight excluding hydrogens is 285 g/mol. The van der Waals surface area contributed by atoms with Gasteiger partial charge in [0.1, 0.15) is 5.82 Å². The smallest absolute Gasteiger partial charge is 0.123 e. The number of rotatable bonds is 7. The number of halogens is 1. The molecule has 21 heavy (non-hydrogen) atoms. The fourth-order valence-corrected chi connectivity index (χ4v) is 3.43. The van der Waals surface area contributed by atoms with E-state index in [1.165, 1.54) is 22.7 Å². The molecule has 1 aromatic carbocycles. The number of likely N-dealkylation sites (N-methyl/N-ethyl adjacent to an activating group) is 1. The van der Waals surface area contributed by atoms with Crippen molar-refractivity contribution in [2.45, 2.75) is 43.0 Å². The van der Waals surface area contributed by atoms with Gasteiger partial charge >= 0.3 is 0 Å². The maximum absolute atomic E-state index is 13.0. The van der Waals surface area contributed by atoms with Crippen molar-refractivity contribution < 1.29 is 4.39 Å². The summed E-state index contributed by atoms with van der Waals surface area (Å²) < 4.78 is 15.1. The van der Waals surface area contributed by atoms with E-state index in [0.29, 0.717) is 0 Å². The minimum absolute atomic E-state index is 0.199. The van der Waals surface area contributed by atoms with Gasteiger partial charge in [0.2, 0.25) is 0 Å². The van der Waals surface area contributed by atoms with E-state index in [-0.39, 0.29) is 5.82 Å². The molecule has 0 fully saturated rings. The maximum atomic E-state index is 13.0. The van der Waals surface area contributed by atoms with Crippen LogP contribution in [-0.2, 0) is 19.4 Å². The van der Waals surface area contributed by atoms with Gasteiger partial charge in [-0.25, -0.2) is 4.39 Å². The highest BCUT2D eigenvalue weighted by Crippen LogP contribution is 2.34. The second kappa shape index (κ2) is 7.61. The fraction of sp³-hybridized carbons (Fsp3) is 0.438. The van der Waals surface area contributed by atoms with Crippen molar-refractivity contribution in [3.8, 4) is 0 Å². The van der Waals surface area contributed by atoms with Crippen LogP contribution in [0.5, 0.6) is 0 Å². The van der Waals surface area contributed by atoms with Gasteiger partial charge in [0.05, 0.1) is 22.8 Å². The second-order valence-electron chi connectivity index (χ2n) is 4.81. The Labute approximate surface area is 129 Å². The first kappa shape index (κ1) is 16.0. The lowest BCUT2D eigenvalue weighted by Crippen LogP contribution is -2.17. The summed E-state index contributed by atoms with van der Waals surface area (Å²) in [6, 6.07) is 6.66. The van der Waals surface area contributed by atoms with Crippen molar-refractivity contribution in [2.75, 3.05) is 13.6 Å². The van der Waals surface area contributed by atoms with E-state index in [1.54, 1.807) is 11.8 Å². The minimum Gasteiger partial charge on any atom is -0.318 e. The highest BCUT2D eigenvalue weighted by molar-refractivity contribution is 7.99. The van der Waals surface area contributed by atoms with Crippen LogP contribution in [0.25, 0.3) is 0 Å². The molecule has 0 bridgehead atoms. The molecule has 1 N–H and O–H groups in total. The maximum Gasteiger partial charge on any atom is 0.123 e. The largest absolute Gasteiger partial charge is 0.318 e. The van der Waals surface area contributed by atoms with Gasteiger partial charge in [-0.3, -0.25) is 4.68 Å². The standard InChI is InChI=1S/C16H22FN3S/c1-4-14-16(21-13-8-6-12(17)7-9-13)15(5-2)20(19-14)11-10-18-3/h6-9,18H,4-5,10-11H2,1-3H3. The van der Waals surface area contributed by atoms with Gasteiger partial charge in [0.15, 0.2) is 0 Å². The number of aryl methyl sites for hydroxylation is 1. The summed E-state index contributed by atoms with van der Waals surface area (Å²) in [6.07, 6.45) is 1.85. The molecule has 0 amide bonds. The molecule has 1 heterocycles. The van der Waals surface area contributed by atoms with E-state index in [0.717, 1.165) is 36.5 Å². The van der Waals surface area contributed by atoms with Crippen LogP contribution in [0, 0.1) is 5.82 Å². The fourth-order valence-electron chi connectivity index (χ4n) is 2.25. The Morgan fingerprint density at radius 3 is 2.48 bits per heavy atom. The molecule has 2 rings (SSSR count). The molecule has 1 aromatic heterocycles.